The molecule has 33 heavy (non-hydrogen) atoms. The molecule has 1 amide bonds. The van der Waals surface area contributed by atoms with E-state index in [1.165, 1.54) is 61.5 Å². The molecule has 0 bridgehead atoms. The van der Waals surface area contributed by atoms with Crippen molar-refractivity contribution in [2.45, 2.75) is 78.1 Å². The molecule has 5 rings (SSSR count). The van der Waals surface area contributed by atoms with Crippen LogP contribution in [0.5, 0.6) is 5.75 Å². The molecular formula is C27H34N2O3S. The summed E-state index contributed by atoms with van der Waals surface area (Å²) in [4.78, 5) is 29.3. The number of fused-ring (bicyclic) bond motifs is 5. The van der Waals surface area contributed by atoms with Gasteiger partial charge in [-0.2, -0.15) is 0 Å². The van der Waals surface area contributed by atoms with Crippen LogP contribution in [-0.2, 0) is 16.0 Å². The molecule has 2 fully saturated rings. The minimum absolute atomic E-state index is 0.0947. The number of anilines is 1. The Labute approximate surface area is 200 Å². The Morgan fingerprint density at radius 3 is 2.82 bits per heavy atom. The Bertz CT molecular complexity index is 1060. The van der Waals surface area contributed by atoms with Crippen LogP contribution in [0.2, 0.25) is 0 Å². The van der Waals surface area contributed by atoms with Crippen molar-refractivity contribution < 1.29 is 14.3 Å². The number of aryl methyl sites for hydroxylation is 2. The highest BCUT2D eigenvalue weighted by Crippen LogP contribution is 2.63. The highest BCUT2D eigenvalue weighted by Gasteiger charge is 2.54. The Balaban J connectivity index is 1.29. The van der Waals surface area contributed by atoms with E-state index in [-0.39, 0.29) is 11.9 Å². The van der Waals surface area contributed by atoms with Gasteiger partial charge in [0.25, 0.3) is 0 Å². The highest BCUT2D eigenvalue weighted by atomic mass is 32.1. The van der Waals surface area contributed by atoms with Gasteiger partial charge in [0.1, 0.15) is 5.75 Å². The fourth-order valence-corrected chi connectivity index (χ4v) is 7.93. The lowest BCUT2D eigenvalue weighted by Gasteiger charge is -2.51. The molecule has 0 radical (unpaired) electrons. The molecule has 3 aliphatic rings. The summed E-state index contributed by atoms with van der Waals surface area (Å²) in [5.41, 5.74) is 3.22. The van der Waals surface area contributed by atoms with Crippen molar-refractivity contribution in [1.29, 1.82) is 0 Å². The van der Waals surface area contributed by atoms with Crippen molar-refractivity contribution >= 4 is 28.3 Å². The van der Waals surface area contributed by atoms with Crippen LogP contribution in [0.15, 0.2) is 24.4 Å². The SMILES string of the molecule is CC(=O)Oc1ccc2c(c1)CCC1C2CC[C@]2(C)CC[C@H](CCC(=O)Nc3ncc(C)s3)C12. The molecule has 3 aliphatic carbocycles. The second-order valence-electron chi connectivity index (χ2n) is 10.6. The third-order valence-corrected chi connectivity index (χ3v) is 9.36. The van der Waals surface area contributed by atoms with Crippen molar-refractivity contribution in [3.8, 4) is 5.75 Å². The van der Waals surface area contributed by atoms with E-state index in [0.717, 1.165) is 17.7 Å². The van der Waals surface area contributed by atoms with E-state index in [0.29, 0.717) is 46.4 Å². The second kappa shape index (κ2) is 8.86. The average molecular weight is 467 g/mol. The van der Waals surface area contributed by atoms with Crippen LogP contribution in [-0.4, -0.2) is 16.9 Å². The molecule has 5 nitrogen and oxygen atoms in total. The van der Waals surface area contributed by atoms with Crippen LogP contribution in [0, 0.1) is 30.1 Å². The Morgan fingerprint density at radius 2 is 2.06 bits per heavy atom. The van der Waals surface area contributed by atoms with Gasteiger partial charge in [0.05, 0.1) is 0 Å². The summed E-state index contributed by atoms with van der Waals surface area (Å²) in [6.45, 7) is 5.97. The van der Waals surface area contributed by atoms with E-state index in [4.69, 9.17) is 4.74 Å². The van der Waals surface area contributed by atoms with Crippen LogP contribution in [0.1, 0.15) is 80.7 Å². The number of carbonyl (C=O) groups excluding carboxylic acids is 2. The normalized spacial score (nSPS) is 30.2. The number of ether oxygens (including phenoxy) is 1. The van der Waals surface area contributed by atoms with E-state index in [1.54, 1.807) is 6.20 Å². The first-order valence-corrected chi connectivity index (χ1v) is 13.2. The number of benzene rings is 1. The zero-order valence-electron chi connectivity index (χ0n) is 19.9. The van der Waals surface area contributed by atoms with Crippen molar-refractivity contribution in [3.63, 3.8) is 0 Å². The average Bonchev–Trinajstić information content (AvgIpc) is 3.33. The van der Waals surface area contributed by atoms with Crippen molar-refractivity contribution in [2.75, 3.05) is 5.32 Å². The van der Waals surface area contributed by atoms with Gasteiger partial charge in [-0.05, 0) is 104 Å². The molecule has 0 spiro atoms. The lowest BCUT2D eigenvalue weighted by atomic mass is 9.54. The topological polar surface area (TPSA) is 68.3 Å². The van der Waals surface area contributed by atoms with Gasteiger partial charge in [0.15, 0.2) is 5.13 Å². The molecule has 5 atom stereocenters. The number of nitrogens with zero attached hydrogens (tertiary/aromatic N) is 1. The summed E-state index contributed by atoms with van der Waals surface area (Å²) in [6.07, 6.45) is 10.6. The molecule has 6 heteroatoms. The minimum Gasteiger partial charge on any atom is -0.427 e. The fourth-order valence-electron chi connectivity index (χ4n) is 7.25. The van der Waals surface area contributed by atoms with Crippen LogP contribution in [0.25, 0.3) is 0 Å². The smallest absolute Gasteiger partial charge is 0.308 e. The van der Waals surface area contributed by atoms with E-state index in [1.807, 2.05) is 13.0 Å². The minimum atomic E-state index is -0.264. The number of hydrogen-bond donors (Lipinski definition) is 1. The number of hydrogen-bond acceptors (Lipinski definition) is 5. The molecule has 2 saturated carbocycles. The summed E-state index contributed by atoms with van der Waals surface area (Å²) in [6, 6.07) is 6.26. The van der Waals surface area contributed by atoms with Crippen molar-refractivity contribution in [1.82, 2.24) is 4.98 Å². The standard InChI is InChI=1S/C27H34N2O3S/c1-16-15-28-26(33-16)29-24(31)9-5-18-10-12-27(3)13-11-22-21-8-6-20(32-17(2)30)14-19(21)4-7-23(22)25(18)27/h6,8,14-15,18,22-23,25H,4-5,7,9-13H2,1-3H3,(H,28,29,31)/t18-,22?,23?,25?,27-/m0/s1. The van der Waals surface area contributed by atoms with E-state index in [2.05, 4.69) is 29.4 Å². The molecule has 1 aromatic carbocycles. The molecular weight excluding hydrogens is 432 g/mol. The zero-order valence-corrected chi connectivity index (χ0v) is 20.7. The molecule has 3 unspecified atom stereocenters. The first-order valence-electron chi connectivity index (χ1n) is 12.4. The van der Waals surface area contributed by atoms with Crippen LogP contribution in [0.3, 0.4) is 0 Å². The van der Waals surface area contributed by atoms with Gasteiger partial charge in [-0.15, -0.1) is 11.3 Å². The number of carbonyl (C=O) groups is 2. The lowest BCUT2D eigenvalue weighted by molar-refractivity contribution is -0.131. The Kier molecular flexibility index (Phi) is 6.06. The molecule has 1 aromatic heterocycles. The Hall–Kier alpha value is -2.21. The Morgan fingerprint density at radius 1 is 1.24 bits per heavy atom. The molecule has 1 heterocycles. The van der Waals surface area contributed by atoms with Crippen LogP contribution >= 0.6 is 11.3 Å². The number of thiazole rings is 1. The van der Waals surface area contributed by atoms with E-state index < -0.39 is 0 Å². The first-order chi connectivity index (χ1) is 15.8. The molecule has 2 aromatic rings. The number of esters is 1. The molecule has 176 valence electrons. The van der Waals surface area contributed by atoms with Crippen LogP contribution < -0.4 is 10.1 Å². The number of rotatable bonds is 5. The molecule has 1 N–H and O–H groups in total. The summed E-state index contributed by atoms with van der Waals surface area (Å²) in [5, 5.41) is 3.70. The number of nitrogens with one attached hydrogen (secondary N) is 1. The summed E-state index contributed by atoms with van der Waals surface area (Å²) in [7, 11) is 0. The maximum Gasteiger partial charge on any atom is 0.308 e. The molecule has 0 saturated heterocycles. The van der Waals surface area contributed by atoms with Crippen LogP contribution in [0.4, 0.5) is 5.13 Å². The number of amides is 1. The van der Waals surface area contributed by atoms with E-state index in [9.17, 15) is 9.59 Å². The van der Waals surface area contributed by atoms with Gasteiger partial charge >= 0.3 is 5.97 Å². The van der Waals surface area contributed by atoms with Gasteiger partial charge in [-0.1, -0.05) is 13.0 Å². The number of aromatic nitrogens is 1. The van der Waals surface area contributed by atoms with Gasteiger partial charge < -0.3 is 10.1 Å². The largest absolute Gasteiger partial charge is 0.427 e. The highest BCUT2D eigenvalue weighted by molar-refractivity contribution is 7.15. The predicted molar refractivity (Wildman–Crippen MR) is 131 cm³/mol. The fraction of sp³-hybridized carbons (Fsp3) is 0.593. The van der Waals surface area contributed by atoms with Gasteiger partial charge in [0.2, 0.25) is 5.91 Å². The summed E-state index contributed by atoms with van der Waals surface area (Å²) >= 11 is 1.53. The molecule has 0 aliphatic heterocycles. The third-order valence-electron chi connectivity index (χ3n) is 8.54. The zero-order chi connectivity index (χ0) is 23.2. The first kappa shape index (κ1) is 22.6. The van der Waals surface area contributed by atoms with Gasteiger partial charge in [-0.3, -0.25) is 9.59 Å². The second-order valence-corrected chi connectivity index (χ2v) is 11.9. The van der Waals surface area contributed by atoms with Gasteiger partial charge in [-0.25, -0.2) is 4.98 Å². The quantitative estimate of drug-likeness (QED) is 0.417. The predicted octanol–water partition coefficient (Wildman–Crippen LogP) is 6.27. The third kappa shape index (κ3) is 4.46. The maximum absolute atomic E-state index is 12.6. The van der Waals surface area contributed by atoms with Gasteiger partial charge in [0, 0.05) is 24.4 Å². The summed E-state index contributed by atoms with van der Waals surface area (Å²) < 4.78 is 5.34. The lowest BCUT2D eigenvalue weighted by Crippen LogP contribution is -2.42. The summed E-state index contributed by atoms with van der Waals surface area (Å²) in [5.74, 6) is 3.08. The van der Waals surface area contributed by atoms with E-state index >= 15 is 0 Å². The monoisotopic (exact) mass is 466 g/mol. The van der Waals surface area contributed by atoms with Crippen molar-refractivity contribution in [2.24, 2.45) is 23.2 Å². The maximum atomic E-state index is 12.6. The van der Waals surface area contributed by atoms with Crippen molar-refractivity contribution in [3.05, 3.63) is 40.4 Å².